The summed E-state index contributed by atoms with van der Waals surface area (Å²) in [5.74, 6) is 1.58. The van der Waals surface area contributed by atoms with Crippen molar-refractivity contribution in [2.45, 2.75) is 70.2 Å². The van der Waals surface area contributed by atoms with Crippen LogP contribution < -0.4 is 15.4 Å². The van der Waals surface area contributed by atoms with Crippen LogP contribution in [0.3, 0.4) is 0 Å². The van der Waals surface area contributed by atoms with Crippen LogP contribution in [0.5, 0.6) is 5.75 Å². The van der Waals surface area contributed by atoms with Crippen LogP contribution in [0.2, 0.25) is 0 Å². The lowest BCUT2D eigenvalue weighted by atomic mass is 9.82. The van der Waals surface area contributed by atoms with Crippen molar-refractivity contribution in [1.82, 2.24) is 15.5 Å². The molecule has 6 heteroatoms. The first-order valence-corrected chi connectivity index (χ1v) is 10.7. The Morgan fingerprint density at radius 2 is 2.07 bits per heavy atom. The third kappa shape index (κ3) is 5.85. The molecule has 3 atom stereocenters. The average Bonchev–Trinajstić information content (AvgIpc) is 2.65. The number of aliphatic imine (C=N–C) groups is 1. The lowest BCUT2D eigenvalue weighted by Gasteiger charge is -2.47. The van der Waals surface area contributed by atoms with E-state index in [-0.39, 0.29) is 6.61 Å². The first-order valence-electron chi connectivity index (χ1n) is 10.7. The summed E-state index contributed by atoms with van der Waals surface area (Å²) >= 11 is 0. The molecule has 2 aliphatic rings. The molecule has 2 heterocycles. The van der Waals surface area contributed by atoms with Crippen molar-refractivity contribution >= 4 is 5.96 Å². The van der Waals surface area contributed by atoms with E-state index in [0.717, 1.165) is 36.7 Å². The van der Waals surface area contributed by atoms with Crippen LogP contribution in [-0.4, -0.2) is 66.9 Å². The topological polar surface area (TPSA) is 69.1 Å². The largest absolute Gasteiger partial charge is 0.491 e. The lowest BCUT2D eigenvalue weighted by molar-refractivity contribution is 0.0526. The van der Waals surface area contributed by atoms with Crippen LogP contribution in [0.25, 0.3) is 0 Å². The van der Waals surface area contributed by atoms with E-state index >= 15 is 0 Å². The summed E-state index contributed by atoms with van der Waals surface area (Å²) in [5.41, 5.74) is 1.14. The van der Waals surface area contributed by atoms with E-state index < -0.39 is 6.10 Å². The highest BCUT2D eigenvalue weighted by atomic mass is 16.5. The van der Waals surface area contributed by atoms with Gasteiger partial charge in [0, 0.05) is 24.7 Å². The number of piperidine rings is 2. The highest BCUT2D eigenvalue weighted by Gasteiger charge is 2.36. The molecule has 156 valence electrons. The Morgan fingerprint density at radius 1 is 1.32 bits per heavy atom. The second-order valence-corrected chi connectivity index (χ2v) is 8.22. The molecule has 0 aliphatic carbocycles. The van der Waals surface area contributed by atoms with Crippen molar-refractivity contribution in [2.75, 3.05) is 26.7 Å². The predicted molar refractivity (Wildman–Crippen MR) is 114 cm³/mol. The SMILES string of the molecule is CCNC(=NCC(O)COc1cccc(C)c1)NC1CC2CCCC(C1)N2C. The Bertz CT molecular complexity index is 637. The van der Waals surface area contributed by atoms with E-state index in [9.17, 15) is 5.11 Å². The quantitative estimate of drug-likeness (QED) is 0.494. The number of hydrogen-bond acceptors (Lipinski definition) is 4. The number of benzene rings is 1. The Hall–Kier alpha value is -1.79. The fourth-order valence-corrected chi connectivity index (χ4v) is 4.39. The van der Waals surface area contributed by atoms with E-state index in [2.05, 4.69) is 34.5 Å². The summed E-state index contributed by atoms with van der Waals surface area (Å²) in [7, 11) is 2.27. The number of fused-ring (bicyclic) bond motifs is 2. The molecule has 6 nitrogen and oxygen atoms in total. The van der Waals surface area contributed by atoms with Gasteiger partial charge in [-0.1, -0.05) is 18.6 Å². The molecule has 0 aromatic heterocycles. The van der Waals surface area contributed by atoms with Crippen LogP contribution >= 0.6 is 0 Å². The maximum absolute atomic E-state index is 10.3. The predicted octanol–water partition coefficient (Wildman–Crippen LogP) is 2.31. The summed E-state index contributed by atoms with van der Waals surface area (Å²) in [5, 5.41) is 17.2. The Balaban J connectivity index is 1.49. The summed E-state index contributed by atoms with van der Waals surface area (Å²) in [6.07, 6.45) is 5.65. The zero-order chi connectivity index (χ0) is 19.9. The number of hydrogen-bond donors (Lipinski definition) is 3. The van der Waals surface area contributed by atoms with Crippen LogP contribution in [0, 0.1) is 6.92 Å². The molecule has 3 rings (SSSR count). The van der Waals surface area contributed by atoms with Gasteiger partial charge in [-0.05, 0) is 64.3 Å². The third-order valence-corrected chi connectivity index (χ3v) is 5.92. The number of aryl methyl sites for hydroxylation is 1. The molecular weight excluding hydrogens is 352 g/mol. The summed E-state index contributed by atoms with van der Waals surface area (Å²) in [4.78, 5) is 7.17. The summed E-state index contributed by atoms with van der Waals surface area (Å²) < 4.78 is 5.69. The maximum atomic E-state index is 10.3. The molecule has 1 aromatic rings. The normalized spacial score (nSPS) is 26.6. The lowest BCUT2D eigenvalue weighted by Crippen LogP contribution is -2.56. The number of aliphatic hydroxyl groups is 1. The minimum absolute atomic E-state index is 0.241. The number of nitrogens with one attached hydrogen (secondary N) is 2. The van der Waals surface area contributed by atoms with Gasteiger partial charge in [0.05, 0.1) is 6.54 Å². The molecule has 2 fully saturated rings. The zero-order valence-electron chi connectivity index (χ0n) is 17.5. The molecule has 2 saturated heterocycles. The third-order valence-electron chi connectivity index (χ3n) is 5.92. The average molecular weight is 389 g/mol. The molecule has 0 amide bonds. The molecule has 1 aromatic carbocycles. The maximum Gasteiger partial charge on any atom is 0.191 e. The minimum Gasteiger partial charge on any atom is -0.491 e. The van der Waals surface area contributed by atoms with Crippen LogP contribution in [0.15, 0.2) is 29.3 Å². The van der Waals surface area contributed by atoms with Gasteiger partial charge in [-0.15, -0.1) is 0 Å². The smallest absolute Gasteiger partial charge is 0.191 e. The summed E-state index contributed by atoms with van der Waals surface area (Å²) in [6.45, 7) is 5.46. The molecular formula is C22H36N4O2. The first kappa shape index (κ1) is 20.9. The summed E-state index contributed by atoms with van der Waals surface area (Å²) in [6, 6.07) is 9.68. The second kappa shape index (κ2) is 10.1. The van der Waals surface area contributed by atoms with Gasteiger partial charge in [0.15, 0.2) is 5.96 Å². The Labute approximate surface area is 169 Å². The van der Waals surface area contributed by atoms with Gasteiger partial charge < -0.3 is 25.4 Å². The van der Waals surface area contributed by atoms with Gasteiger partial charge in [0.25, 0.3) is 0 Å². The molecule has 0 spiro atoms. The Morgan fingerprint density at radius 3 is 2.75 bits per heavy atom. The van der Waals surface area contributed by atoms with Crippen molar-refractivity contribution in [3.8, 4) is 5.75 Å². The van der Waals surface area contributed by atoms with Crippen molar-refractivity contribution in [3.05, 3.63) is 29.8 Å². The number of nitrogens with zero attached hydrogens (tertiary/aromatic N) is 2. The molecule has 2 aliphatic heterocycles. The van der Waals surface area contributed by atoms with Gasteiger partial charge in [0.1, 0.15) is 18.5 Å². The van der Waals surface area contributed by atoms with E-state index in [0.29, 0.717) is 24.7 Å². The molecule has 3 unspecified atom stereocenters. The fraction of sp³-hybridized carbons (Fsp3) is 0.682. The van der Waals surface area contributed by atoms with Crippen LogP contribution in [0.4, 0.5) is 0 Å². The minimum atomic E-state index is -0.632. The van der Waals surface area contributed by atoms with Gasteiger partial charge >= 0.3 is 0 Å². The Kier molecular flexibility index (Phi) is 7.57. The highest BCUT2D eigenvalue weighted by Crippen LogP contribution is 2.32. The van der Waals surface area contributed by atoms with Crippen molar-refractivity contribution in [3.63, 3.8) is 0 Å². The van der Waals surface area contributed by atoms with Gasteiger partial charge in [-0.25, -0.2) is 0 Å². The van der Waals surface area contributed by atoms with Crippen molar-refractivity contribution in [2.24, 2.45) is 4.99 Å². The fourth-order valence-electron chi connectivity index (χ4n) is 4.39. The monoisotopic (exact) mass is 388 g/mol. The van der Waals surface area contributed by atoms with Crippen LogP contribution in [0.1, 0.15) is 44.6 Å². The van der Waals surface area contributed by atoms with Crippen molar-refractivity contribution in [1.29, 1.82) is 0 Å². The zero-order valence-corrected chi connectivity index (χ0v) is 17.5. The second-order valence-electron chi connectivity index (χ2n) is 8.22. The highest BCUT2D eigenvalue weighted by molar-refractivity contribution is 5.80. The van der Waals surface area contributed by atoms with E-state index in [4.69, 9.17) is 4.74 Å². The van der Waals surface area contributed by atoms with Crippen molar-refractivity contribution < 1.29 is 9.84 Å². The number of aliphatic hydroxyl groups excluding tert-OH is 1. The van der Waals surface area contributed by atoms with Gasteiger partial charge in [-0.3, -0.25) is 4.99 Å². The van der Waals surface area contributed by atoms with E-state index in [1.165, 1.54) is 19.3 Å². The van der Waals surface area contributed by atoms with Gasteiger partial charge in [-0.2, -0.15) is 0 Å². The first-order chi connectivity index (χ1) is 13.5. The number of guanidine groups is 1. The molecule has 2 bridgehead atoms. The standard InChI is InChI=1S/C22H36N4O2/c1-4-23-22(25-17-12-18-8-6-9-19(13-17)26(18)3)24-14-20(27)15-28-21-10-5-7-16(2)11-21/h5,7,10-11,17-20,27H,4,6,8-9,12-15H2,1-3H3,(H2,23,24,25). The molecule has 0 radical (unpaired) electrons. The molecule has 28 heavy (non-hydrogen) atoms. The number of ether oxygens (including phenoxy) is 1. The van der Waals surface area contributed by atoms with E-state index in [1.807, 2.05) is 31.2 Å². The van der Waals surface area contributed by atoms with Gasteiger partial charge in [0.2, 0.25) is 0 Å². The number of rotatable bonds is 7. The van der Waals surface area contributed by atoms with Crippen LogP contribution in [-0.2, 0) is 0 Å². The molecule has 0 saturated carbocycles. The van der Waals surface area contributed by atoms with E-state index in [1.54, 1.807) is 0 Å². The molecule has 3 N–H and O–H groups in total.